The lowest BCUT2D eigenvalue weighted by Crippen LogP contribution is -2.32. The maximum atomic E-state index is 9.10. The Balaban J connectivity index is 2.47. The highest BCUT2D eigenvalue weighted by Crippen LogP contribution is 2.42. The van der Waals surface area contributed by atoms with Crippen LogP contribution in [0.15, 0.2) is 18.2 Å². The third-order valence-corrected chi connectivity index (χ3v) is 2.68. The summed E-state index contributed by atoms with van der Waals surface area (Å²) in [4.78, 5) is 0. The molecule has 1 saturated carbocycles. The van der Waals surface area contributed by atoms with Crippen molar-refractivity contribution < 1.29 is 10.0 Å². The van der Waals surface area contributed by atoms with Crippen molar-refractivity contribution in [3.05, 3.63) is 28.8 Å². The first-order valence-corrected chi connectivity index (χ1v) is 4.72. The number of hydrogen-bond acceptors (Lipinski definition) is 2. The van der Waals surface area contributed by atoms with Gasteiger partial charge in [0, 0.05) is 5.02 Å². The topological polar surface area (TPSA) is 40.5 Å². The second kappa shape index (κ2) is 3.33. The molecule has 1 aromatic carbocycles. The van der Waals surface area contributed by atoms with Gasteiger partial charge in [-0.05, 0) is 35.9 Å². The Morgan fingerprint density at radius 1 is 1.31 bits per heavy atom. The number of hydrogen-bond donors (Lipinski definition) is 2. The van der Waals surface area contributed by atoms with E-state index in [-0.39, 0.29) is 0 Å². The van der Waals surface area contributed by atoms with Gasteiger partial charge in [0.15, 0.2) is 0 Å². The molecule has 4 heteroatoms. The van der Waals surface area contributed by atoms with Crippen LogP contribution in [-0.2, 0) is 0 Å². The molecule has 1 aromatic rings. The fourth-order valence-electron chi connectivity index (χ4n) is 1.58. The molecular formula is C9H10BClO2. The van der Waals surface area contributed by atoms with Crippen LogP contribution in [-0.4, -0.2) is 17.2 Å². The van der Waals surface area contributed by atoms with Crippen molar-refractivity contribution in [2.24, 2.45) is 0 Å². The smallest absolute Gasteiger partial charge is 0.423 e. The molecule has 0 saturated heterocycles. The summed E-state index contributed by atoms with van der Waals surface area (Å²) in [6.07, 6.45) is 2.20. The average molecular weight is 196 g/mol. The molecule has 0 aliphatic heterocycles. The van der Waals surface area contributed by atoms with Crippen LogP contribution in [0.2, 0.25) is 5.02 Å². The molecule has 2 N–H and O–H groups in total. The molecular weight excluding hydrogens is 186 g/mol. The summed E-state index contributed by atoms with van der Waals surface area (Å²) >= 11 is 5.99. The first kappa shape index (κ1) is 9.07. The minimum absolute atomic E-state index is 0.436. The van der Waals surface area contributed by atoms with Gasteiger partial charge in [0.25, 0.3) is 0 Å². The molecule has 0 bridgehead atoms. The summed E-state index contributed by atoms with van der Waals surface area (Å²) in [6.45, 7) is 0. The fourth-order valence-corrected chi connectivity index (χ4v) is 1.92. The molecule has 2 nitrogen and oxygen atoms in total. The summed E-state index contributed by atoms with van der Waals surface area (Å²) in [5, 5.41) is 18.9. The maximum absolute atomic E-state index is 9.10. The van der Waals surface area contributed by atoms with E-state index >= 15 is 0 Å². The van der Waals surface area contributed by atoms with Gasteiger partial charge >= 0.3 is 7.12 Å². The van der Waals surface area contributed by atoms with E-state index in [1.165, 1.54) is 0 Å². The van der Waals surface area contributed by atoms with Crippen LogP contribution in [0.3, 0.4) is 0 Å². The zero-order chi connectivity index (χ0) is 9.42. The van der Waals surface area contributed by atoms with Crippen molar-refractivity contribution in [3.8, 4) is 0 Å². The molecule has 0 unspecified atom stereocenters. The second-order valence-electron chi connectivity index (χ2n) is 3.39. The number of halogens is 1. The first-order valence-electron chi connectivity index (χ1n) is 4.34. The molecule has 1 aliphatic carbocycles. The Kier molecular flexibility index (Phi) is 2.32. The van der Waals surface area contributed by atoms with E-state index in [1.54, 1.807) is 18.2 Å². The number of rotatable bonds is 2. The quantitative estimate of drug-likeness (QED) is 0.690. The molecule has 68 valence electrons. The Morgan fingerprint density at radius 2 is 2.00 bits per heavy atom. The third kappa shape index (κ3) is 1.73. The van der Waals surface area contributed by atoms with Crippen molar-refractivity contribution in [1.29, 1.82) is 0 Å². The van der Waals surface area contributed by atoms with E-state index in [1.807, 2.05) is 0 Å². The van der Waals surface area contributed by atoms with Gasteiger partial charge in [0.1, 0.15) is 0 Å². The van der Waals surface area contributed by atoms with Crippen LogP contribution in [0, 0.1) is 0 Å². The minimum atomic E-state index is -1.41. The van der Waals surface area contributed by atoms with Gasteiger partial charge in [-0.15, -0.1) is 0 Å². The standard InChI is InChI=1S/C9H10BClO2/c11-8-3-1-2-7(10(12)13)9(8)6-4-5-6/h1-3,6,12-13H,4-5H2. The van der Waals surface area contributed by atoms with Crippen LogP contribution >= 0.6 is 11.6 Å². The third-order valence-electron chi connectivity index (χ3n) is 2.35. The Hall–Kier alpha value is -0.505. The lowest BCUT2D eigenvalue weighted by Gasteiger charge is -2.09. The lowest BCUT2D eigenvalue weighted by molar-refractivity contribution is 0.425. The van der Waals surface area contributed by atoms with Crippen molar-refractivity contribution in [1.82, 2.24) is 0 Å². The van der Waals surface area contributed by atoms with Gasteiger partial charge in [0.2, 0.25) is 0 Å². The molecule has 2 rings (SSSR count). The van der Waals surface area contributed by atoms with Gasteiger partial charge in [-0.3, -0.25) is 0 Å². The van der Waals surface area contributed by atoms with Gasteiger partial charge in [-0.1, -0.05) is 23.7 Å². The minimum Gasteiger partial charge on any atom is -0.423 e. The van der Waals surface area contributed by atoms with E-state index in [0.29, 0.717) is 16.4 Å². The van der Waals surface area contributed by atoms with Gasteiger partial charge < -0.3 is 10.0 Å². The van der Waals surface area contributed by atoms with Crippen LogP contribution in [0.25, 0.3) is 0 Å². The van der Waals surface area contributed by atoms with Crippen molar-refractivity contribution in [3.63, 3.8) is 0 Å². The highest BCUT2D eigenvalue weighted by atomic mass is 35.5. The van der Waals surface area contributed by atoms with E-state index in [2.05, 4.69) is 0 Å². The van der Waals surface area contributed by atoms with Gasteiger partial charge in [-0.2, -0.15) is 0 Å². The predicted molar refractivity (Wildman–Crippen MR) is 53.3 cm³/mol. The van der Waals surface area contributed by atoms with Crippen LogP contribution in [0.4, 0.5) is 0 Å². The van der Waals surface area contributed by atoms with Crippen LogP contribution < -0.4 is 5.46 Å². The molecule has 13 heavy (non-hydrogen) atoms. The molecule has 0 amide bonds. The maximum Gasteiger partial charge on any atom is 0.488 e. The van der Waals surface area contributed by atoms with E-state index in [9.17, 15) is 0 Å². The summed E-state index contributed by atoms with van der Waals surface area (Å²) in [5.74, 6) is 0.436. The van der Waals surface area contributed by atoms with Crippen molar-refractivity contribution >= 4 is 24.2 Å². The van der Waals surface area contributed by atoms with E-state index < -0.39 is 7.12 Å². The Morgan fingerprint density at radius 3 is 2.54 bits per heavy atom. The largest absolute Gasteiger partial charge is 0.488 e. The zero-order valence-corrected chi connectivity index (χ0v) is 7.83. The van der Waals surface area contributed by atoms with Crippen LogP contribution in [0.1, 0.15) is 24.3 Å². The highest BCUT2D eigenvalue weighted by molar-refractivity contribution is 6.59. The summed E-state index contributed by atoms with van der Waals surface area (Å²) in [7, 11) is -1.41. The lowest BCUT2D eigenvalue weighted by atomic mass is 9.76. The first-order chi connectivity index (χ1) is 6.20. The normalized spacial score (nSPS) is 15.9. The van der Waals surface area contributed by atoms with E-state index in [4.69, 9.17) is 21.6 Å². The summed E-state index contributed by atoms with van der Waals surface area (Å²) in [5.41, 5.74) is 1.47. The zero-order valence-electron chi connectivity index (χ0n) is 7.07. The summed E-state index contributed by atoms with van der Waals surface area (Å²) in [6, 6.07) is 5.24. The molecule has 0 atom stereocenters. The number of benzene rings is 1. The molecule has 0 radical (unpaired) electrons. The van der Waals surface area contributed by atoms with E-state index in [0.717, 1.165) is 18.4 Å². The predicted octanol–water partition coefficient (Wildman–Crippen LogP) is 0.897. The monoisotopic (exact) mass is 196 g/mol. The average Bonchev–Trinajstić information content (AvgIpc) is 2.86. The highest BCUT2D eigenvalue weighted by Gasteiger charge is 2.31. The second-order valence-corrected chi connectivity index (χ2v) is 3.80. The van der Waals surface area contributed by atoms with Crippen molar-refractivity contribution in [2.75, 3.05) is 0 Å². The van der Waals surface area contributed by atoms with Gasteiger partial charge in [-0.25, -0.2) is 0 Å². The SMILES string of the molecule is OB(O)c1cccc(Cl)c1C1CC1. The molecule has 1 fully saturated rings. The molecule has 0 spiro atoms. The molecule has 0 heterocycles. The molecule has 1 aliphatic rings. The fraction of sp³-hybridized carbons (Fsp3) is 0.333. The van der Waals surface area contributed by atoms with Crippen LogP contribution in [0.5, 0.6) is 0 Å². The van der Waals surface area contributed by atoms with Crippen molar-refractivity contribution in [2.45, 2.75) is 18.8 Å². The molecule has 0 aromatic heterocycles. The Labute approximate surface area is 82.3 Å². The Bertz CT molecular complexity index is 323. The van der Waals surface area contributed by atoms with Gasteiger partial charge in [0.05, 0.1) is 0 Å². The summed E-state index contributed by atoms with van der Waals surface area (Å²) < 4.78 is 0.